The van der Waals surface area contributed by atoms with E-state index in [1.54, 1.807) is 6.07 Å². The Morgan fingerprint density at radius 3 is 2.58 bits per heavy atom. The number of fused-ring (bicyclic) bond motifs is 1. The normalized spacial score (nSPS) is 17.2. The number of aromatic amines is 1. The Morgan fingerprint density at radius 1 is 1.16 bits per heavy atom. The second-order valence-corrected chi connectivity index (χ2v) is 4.98. The summed E-state index contributed by atoms with van der Waals surface area (Å²) in [7, 11) is 0. The van der Waals surface area contributed by atoms with Crippen LogP contribution in [0.2, 0.25) is 0 Å². The minimum absolute atomic E-state index is 0.154. The topological polar surface area (TPSA) is 25.0 Å². The van der Waals surface area contributed by atoms with Crippen molar-refractivity contribution >= 4 is 10.9 Å². The third kappa shape index (κ3) is 2.55. The molecule has 19 heavy (non-hydrogen) atoms. The van der Waals surface area contributed by atoms with Gasteiger partial charge in [0.1, 0.15) is 5.75 Å². The molecule has 0 amide bonds. The first-order valence-corrected chi connectivity index (χ1v) is 6.40. The largest absolute Gasteiger partial charge is 0.573 e. The van der Waals surface area contributed by atoms with Gasteiger partial charge in [-0.25, -0.2) is 0 Å². The Bertz CT molecular complexity index is 582. The van der Waals surface area contributed by atoms with Crippen molar-refractivity contribution in [2.45, 2.75) is 38.0 Å². The summed E-state index contributed by atoms with van der Waals surface area (Å²) in [6, 6.07) is 4.45. The molecule has 5 heteroatoms. The van der Waals surface area contributed by atoms with E-state index in [1.165, 1.54) is 25.0 Å². The van der Waals surface area contributed by atoms with Gasteiger partial charge in [-0.3, -0.25) is 0 Å². The molecule has 1 saturated carbocycles. The number of ether oxygens (including phenoxy) is 1. The fourth-order valence-electron chi connectivity index (χ4n) is 2.89. The lowest BCUT2D eigenvalue weighted by Crippen LogP contribution is -2.17. The smallest absolute Gasteiger partial charge is 0.406 e. The zero-order valence-corrected chi connectivity index (χ0v) is 10.3. The van der Waals surface area contributed by atoms with Gasteiger partial charge in [0.25, 0.3) is 0 Å². The van der Waals surface area contributed by atoms with Crippen molar-refractivity contribution in [1.82, 2.24) is 4.98 Å². The summed E-state index contributed by atoms with van der Waals surface area (Å²) in [6.07, 6.45) is 1.87. The van der Waals surface area contributed by atoms with Gasteiger partial charge >= 0.3 is 6.36 Å². The van der Waals surface area contributed by atoms with Crippen molar-refractivity contribution in [3.05, 3.63) is 30.0 Å². The fraction of sp³-hybridized carbons (Fsp3) is 0.429. The van der Waals surface area contributed by atoms with Gasteiger partial charge in [0.2, 0.25) is 0 Å². The average molecular weight is 269 g/mol. The van der Waals surface area contributed by atoms with E-state index in [4.69, 9.17) is 0 Å². The highest BCUT2D eigenvalue weighted by atomic mass is 19.4. The summed E-state index contributed by atoms with van der Waals surface area (Å²) in [5.74, 6) is 0.300. The Morgan fingerprint density at radius 2 is 1.89 bits per heavy atom. The van der Waals surface area contributed by atoms with Crippen molar-refractivity contribution in [3.8, 4) is 5.75 Å². The lowest BCUT2D eigenvalue weighted by Gasteiger charge is -2.10. The molecule has 1 aliphatic rings. The first-order valence-electron chi connectivity index (χ1n) is 6.40. The highest BCUT2D eigenvalue weighted by Crippen LogP contribution is 2.39. The molecule has 1 aliphatic carbocycles. The summed E-state index contributed by atoms with van der Waals surface area (Å²) in [5, 5.41) is 0.841. The van der Waals surface area contributed by atoms with Crippen molar-refractivity contribution in [2.75, 3.05) is 0 Å². The van der Waals surface area contributed by atoms with Crippen LogP contribution in [-0.4, -0.2) is 11.3 Å². The fourth-order valence-corrected chi connectivity index (χ4v) is 2.89. The number of aromatic nitrogens is 1. The molecule has 1 N–H and O–H groups in total. The van der Waals surface area contributed by atoms with Gasteiger partial charge in [-0.15, -0.1) is 13.2 Å². The van der Waals surface area contributed by atoms with Gasteiger partial charge in [0.05, 0.1) is 0 Å². The van der Waals surface area contributed by atoms with Gasteiger partial charge in [0.15, 0.2) is 0 Å². The molecular weight excluding hydrogens is 255 g/mol. The molecular formula is C14H14F3NO. The Kier molecular flexibility index (Phi) is 2.92. The van der Waals surface area contributed by atoms with Gasteiger partial charge < -0.3 is 9.72 Å². The predicted octanol–water partition coefficient (Wildman–Crippen LogP) is 4.72. The second-order valence-electron chi connectivity index (χ2n) is 4.98. The third-order valence-electron chi connectivity index (χ3n) is 3.71. The zero-order chi connectivity index (χ0) is 13.5. The molecule has 0 saturated heterocycles. The van der Waals surface area contributed by atoms with E-state index in [2.05, 4.69) is 9.72 Å². The summed E-state index contributed by atoms with van der Waals surface area (Å²) in [4.78, 5) is 3.12. The van der Waals surface area contributed by atoms with E-state index in [9.17, 15) is 13.2 Å². The van der Waals surface area contributed by atoms with Crippen molar-refractivity contribution < 1.29 is 17.9 Å². The summed E-state index contributed by atoms with van der Waals surface area (Å²) < 4.78 is 40.7. The maximum Gasteiger partial charge on any atom is 0.573 e. The number of hydrogen-bond acceptors (Lipinski definition) is 1. The molecule has 0 radical (unpaired) electrons. The van der Waals surface area contributed by atoms with E-state index in [-0.39, 0.29) is 5.75 Å². The lowest BCUT2D eigenvalue weighted by atomic mass is 9.97. The molecule has 3 rings (SSSR count). The van der Waals surface area contributed by atoms with Crippen molar-refractivity contribution in [1.29, 1.82) is 0 Å². The molecule has 2 nitrogen and oxygen atoms in total. The number of halogens is 3. The number of rotatable bonds is 2. The van der Waals surface area contributed by atoms with Gasteiger partial charge in [-0.2, -0.15) is 0 Å². The number of hydrogen-bond donors (Lipinski definition) is 1. The Labute approximate surface area is 108 Å². The van der Waals surface area contributed by atoms with Crippen LogP contribution in [0, 0.1) is 0 Å². The van der Waals surface area contributed by atoms with Crippen molar-refractivity contribution in [2.24, 2.45) is 0 Å². The predicted molar refractivity (Wildman–Crippen MR) is 66.2 cm³/mol. The monoisotopic (exact) mass is 269 g/mol. The van der Waals surface area contributed by atoms with Crippen LogP contribution in [-0.2, 0) is 0 Å². The summed E-state index contributed by atoms with van der Waals surface area (Å²) >= 11 is 0. The van der Waals surface area contributed by atoms with Crippen LogP contribution in [0.25, 0.3) is 10.9 Å². The van der Waals surface area contributed by atoms with Gasteiger partial charge in [-0.05, 0) is 42.5 Å². The standard InChI is InChI=1S/C14H14F3NO/c15-14(16,17)19-10-5-6-13-11(7-10)12(8-18-13)9-3-1-2-4-9/h5-9,18H,1-4H2. The molecule has 1 heterocycles. The van der Waals surface area contributed by atoms with Crippen LogP contribution in [0.1, 0.15) is 37.2 Å². The third-order valence-corrected chi connectivity index (χ3v) is 3.71. The maximum atomic E-state index is 12.2. The molecule has 1 aromatic heterocycles. The van der Waals surface area contributed by atoms with Crippen LogP contribution >= 0.6 is 0 Å². The second kappa shape index (κ2) is 4.47. The SMILES string of the molecule is FC(F)(F)Oc1ccc2[nH]cc(C3CCCC3)c2c1. The quantitative estimate of drug-likeness (QED) is 0.838. The number of H-pyrrole nitrogens is 1. The summed E-state index contributed by atoms with van der Waals surface area (Å²) in [5.41, 5.74) is 1.97. The van der Waals surface area contributed by atoms with Gasteiger partial charge in [0, 0.05) is 17.1 Å². The molecule has 1 aromatic carbocycles. The van der Waals surface area contributed by atoms with E-state index >= 15 is 0 Å². The number of alkyl halides is 3. The Balaban J connectivity index is 1.98. The van der Waals surface area contributed by atoms with Crippen LogP contribution in [0.5, 0.6) is 5.75 Å². The molecule has 0 bridgehead atoms. The van der Waals surface area contributed by atoms with E-state index in [0.717, 1.165) is 29.3 Å². The molecule has 1 fully saturated rings. The van der Waals surface area contributed by atoms with Crippen molar-refractivity contribution in [3.63, 3.8) is 0 Å². The highest BCUT2D eigenvalue weighted by molar-refractivity contribution is 5.85. The van der Waals surface area contributed by atoms with E-state index in [1.807, 2.05) is 6.20 Å². The zero-order valence-electron chi connectivity index (χ0n) is 10.3. The van der Waals surface area contributed by atoms with E-state index < -0.39 is 6.36 Å². The number of nitrogens with one attached hydrogen (secondary N) is 1. The summed E-state index contributed by atoms with van der Waals surface area (Å²) in [6.45, 7) is 0. The molecule has 0 aliphatic heterocycles. The minimum Gasteiger partial charge on any atom is -0.406 e. The first-order chi connectivity index (χ1) is 9.03. The van der Waals surface area contributed by atoms with Crippen LogP contribution < -0.4 is 4.74 Å². The Hall–Kier alpha value is -1.65. The highest BCUT2D eigenvalue weighted by Gasteiger charge is 2.31. The minimum atomic E-state index is -4.64. The van der Waals surface area contributed by atoms with Gasteiger partial charge in [-0.1, -0.05) is 12.8 Å². The van der Waals surface area contributed by atoms with Crippen LogP contribution in [0.15, 0.2) is 24.4 Å². The lowest BCUT2D eigenvalue weighted by molar-refractivity contribution is -0.274. The number of benzene rings is 1. The molecule has 2 aromatic rings. The average Bonchev–Trinajstić information content (AvgIpc) is 2.93. The van der Waals surface area contributed by atoms with Crippen LogP contribution in [0.4, 0.5) is 13.2 Å². The molecule has 0 unspecified atom stereocenters. The van der Waals surface area contributed by atoms with E-state index in [0.29, 0.717) is 5.92 Å². The molecule has 0 atom stereocenters. The molecule has 102 valence electrons. The molecule has 0 spiro atoms. The first kappa shape index (κ1) is 12.4. The maximum absolute atomic E-state index is 12.2. The van der Waals surface area contributed by atoms with Crippen LogP contribution in [0.3, 0.4) is 0 Å².